The summed E-state index contributed by atoms with van der Waals surface area (Å²) in [5, 5.41) is 11.8. The third kappa shape index (κ3) is 9.14. The lowest BCUT2D eigenvalue weighted by Crippen LogP contribution is -2.36. The van der Waals surface area contributed by atoms with Crippen LogP contribution < -0.4 is 15.5 Å². The summed E-state index contributed by atoms with van der Waals surface area (Å²) in [6, 6.07) is 32.2. The first-order valence-corrected chi connectivity index (χ1v) is 15.5. The van der Waals surface area contributed by atoms with Gasteiger partial charge in [-0.05, 0) is 59.5 Å². The molecule has 0 aromatic heterocycles. The fraction of sp³-hybridized carbons (Fsp3) is 0.212. The zero-order valence-electron chi connectivity index (χ0n) is 24.4. The van der Waals surface area contributed by atoms with Crippen molar-refractivity contribution in [2.45, 2.75) is 30.8 Å². The molecule has 0 radical (unpaired) electrons. The number of ether oxygens (including phenoxy) is 1. The molecule has 0 aliphatic rings. The minimum absolute atomic E-state index is 0.0139. The minimum atomic E-state index is -4.01. The van der Waals surface area contributed by atoms with Crippen LogP contribution in [0.15, 0.2) is 114 Å². The van der Waals surface area contributed by atoms with E-state index in [1.54, 1.807) is 29.6 Å². The van der Waals surface area contributed by atoms with Gasteiger partial charge in [-0.1, -0.05) is 72.8 Å². The first kappa shape index (κ1) is 32.2. The van der Waals surface area contributed by atoms with Gasteiger partial charge in [0.05, 0.1) is 12.0 Å². The van der Waals surface area contributed by atoms with Crippen LogP contribution in [0.1, 0.15) is 23.1 Å². The molecule has 0 heterocycles. The highest BCUT2D eigenvalue weighted by atomic mass is 32.2. The third-order valence-corrected chi connectivity index (χ3v) is 8.90. The van der Waals surface area contributed by atoms with Gasteiger partial charge in [-0.15, -0.1) is 0 Å². The van der Waals surface area contributed by atoms with E-state index in [1.807, 2.05) is 72.8 Å². The summed E-state index contributed by atoms with van der Waals surface area (Å²) in [4.78, 5) is 26.8. The maximum atomic E-state index is 13.6. The van der Waals surface area contributed by atoms with Crippen molar-refractivity contribution in [1.82, 2.24) is 14.7 Å². The molecule has 0 saturated heterocycles. The van der Waals surface area contributed by atoms with Crippen LogP contribution in [-0.4, -0.2) is 55.0 Å². The Kier molecular flexibility index (Phi) is 11.5. The fourth-order valence-corrected chi connectivity index (χ4v) is 5.99. The van der Waals surface area contributed by atoms with E-state index in [1.165, 1.54) is 28.6 Å². The number of methoxy groups -OCH3 is 1. The largest absolute Gasteiger partial charge is 0.497 e. The van der Waals surface area contributed by atoms with Gasteiger partial charge in [0.15, 0.2) is 0 Å². The quantitative estimate of drug-likeness (QED) is 0.134. The van der Waals surface area contributed by atoms with Crippen molar-refractivity contribution < 1.29 is 28.0 Å². The summed E-state index contributed by atoms with van der Waals surface area (Å²) >= 11 is 0. The summed E-state index contributed by atoms with van der Waals surface area (Å²) in [6.07, 6.45) is 0.182. The van der Waals surface area contributed by atoms with Crippen molar-refractivity contribution in [2.24, 2.45) is 0 Å². The molecule has 4 rings (SSSR count). The monoisotopic (exact) mass is 616 g/mol. The molecular weight excluding hydrogens is 580 g/mol. The number of sulfonamides is 1. The van der Waals surface area contributed by atoms with E-state index in [0.717, 1.165) is 16.7 Å². The van der Waals surface area contributed by atoms with Crippen LogP contribution in [0.5, 0.6) is 5.75 Å². The lowest BCUT2D eigenvalue weighted by atomic mass is 10.1. The Bertz CT molecular complexity index is 1560. The minimum Gasteiger partial charge on any atom is -0.497 e. The first-order valence-electron chi connectivity index (χ1n) is 14.1. The second kappa shape index (κ2) is 15.7. The van der Waals surface area contributed by atoms with Gasteiger partial charge in [-0.25, -0.2) is 18.7 Å². The highest BCUT2D eigenvalue weighted by molar-refractivity contribution is 7.89. The second-order valence-electron chi connectivity index (χ2n) is 10.1. The maximum Gasteiger partial charge on any atom is 0.322 e. The summed E-state index contributed by atoms with van der Waals surface area (Å²) < 4.78 is 33.6. The summed E-state index contributed by atoms with van der Waals surface area (Å²) in [5.41, 5.74) is 4.83. The number of amides is 3. The molecule has 0 spiro atoms. The Hall–Kier alpha value is -4.71. The summed E-state index contributed by atoms with van der Waals surface area (Å²) in [7, 11) is -2.44. The zero-order valence-corrected chi connectivity index (χ0v) is 25.2. The van der Waals surface area contributed by atoms with Crippen LogP contribution in [0.4, 0.5) is 10.5 Å². The van der Waals surface area contributed by atoms with Gasteiger partial charge < -0.3 is 15.0 Å². The highest BCUT2D eigenvalue weighted by Gasteiger charge is 2.25. The van der Waals surface area contributed by atoms with Crippen LogP contribution in [0.2, 0.25) is 0 Å². The van der Waals surface area contributed by atoms with Crippen molar-refractivity contribution in [3.05, 3.63) is 126 Å². The van der Waals surface area contributed by atoms with Gasteiger partial charge in [-0.2, -0.15) is 4.31 Å². The second-order valence-corrected chi connectivity index (χ2v) is 12.0. The molecule has 230 valence electrons. The lowest BCUT2D eigenvalue weighted by Gasteiger charge is -2.24. The smallest absolute Gasteiger partial charge is 0.322 e. The molecule has 4 aromatic rings. The van der Waals surface area contributed by atoms with Gasteiger partial charge in [0.25, 0.3) is 0 Å². The van der Waals surface area contributed by atoms with Crippen molar-refractivity contribution >= 4 is 27.6 Å². The molecule has 3 amide bonds. The predicted molar refractivity (Wildman–Crippen MR) is 168 cm³/mol. The summed E-state index contributed by atoms with van der Waals surface area (Å²) in [6.45, 7) is 0.758. The molecule has 10 nitrogen and oxygen atoms in total. The predicted octanol–water partition coefficient (Wildman–Crippen LogP) is 5.06. The molecule has 0 aliphatic carbocycles. The van der Waals surface area contributed by atoms with Crippen LogP contribution in [0.3, 0.4) is 0 Å². The number of hydroxylamine groups is 1. The van der Waals surface area contributed by atoms with Crippen LogP contribution in [0.25, 0.3) is 0 Å². The Morgan fingerprint density at radius 2 is 1.32 bits per heavy atom. The number of carbonyl (C=O) groups is 2. The molecule has 0 saturated carbocycles. The van der Waals surface area contributed by atoms with Crippen molar-refractivity contribution in [3.63, 3.8) is 0 Å². The molecule has 0 bridgehead atoms. The number of nitrogens with zero attached hydrogens (tertiary/aromatic N) is 2. The van der Waals surface area contributed by atoms with Crippen molar-refractivity contribution in [3.8, 4) is 5.75 Å². The molecule has 0 aliphatic heterocycles. The number of urea groups is 1. The van der Waals surface area contributed by atoms with E-state index in [4.69, 9.17) is 9.94 Å². The van der Waals surface area contributed by atoms with Gasteiger partial charge in [0, 0.05) is 38.3 Å². The molecular formula is C33H36N4O6S. The van der Waals surface area contributed by atoms with Crippen molar-refractivity contribution in [1.29, 1.82) is 0 Å². The maximum absolute atomic E-state index is 13.6. The number of anilines is 1. The number of benzene rings is 4. The van der Waals surface area contributed by atoms with E-state index in [9.17, 15) is 18.0 Å². The van der Waals surface area contributed by atoms with E-state index >= 15 is 0 Å². The number of nitrogens with one attached hydrogen (secondary N) is 2. The SMILES string of the molecule is COc1ccc(CCN(CCC(=O)NO)S(=O)(=O)c2ccc(NC(=O)N(Cc3ccccc3)Cc3ccccc3)cc2)cc1. The van der Waals surface area contributed by atoms with E-state index in [0.29, 0.717) is 30.9 Å². The molecule has 44 heavy (non-hydrogen) atoms. The average molecular weight is 617 g/mol. The molecule has 11 heteroatoms. The van der Waals surface area contributed by atoms with Crippen LogP contribution in [-0.2, 0) is 34.3 Å². The average Bonchev–Trinajstić information content (AvgIpc) is 3.05. The van der Waals surface area contributed by atoms with Gasteiger partial charge in [0.1, 0.15) is 5.75 Å². The summed E-state index contributed by atoms with van der Waals surface area (Å²) in [5.74, 6) is -0.00320. The van der Waals surface area contributed by atoms with Crippen molar-refractivity contribution in [2.75, 3.05) is 25.5 Å². The first-order chi connectivity index (χ1) is 21.3. The molecule has 0 unspecified atom stereocenters. The van der Waals surface area contributed by atoms with Gasteiger partial charge in [0.2, 0.25) is 15.9 Å². The molecule has 0 atom stereocenters. The Morgan fingerprint density at radius 1 is 0.750 bits per heavy atom. The van der Waals surface area contributed by atoms with E-state index in [-0.39, 0.29) is 30.4 Å². The highest BCUT2D eigenvalue weighted by Crippen LogP contribution is 2.21. The van der Waals surface area contributed by atoms with E-state index < -0.39 is 15.9 Å². The Labute approximate surface area is 257 Å². The van der Waals surface area contributed by atoms with E-state index in [2.05, 4.69) is 5.32 Å². The van der Waals surface area contributed by atoms with Gasteiger partial charge in [-0.3, -0.25) is 10.0 Å². The molecule has 3 N–H and O–H groups in total. The Balaban J connectivity index is 1.48. The van der Waals surface area contributed by atoms with Gasteiger partial charge >= 0.3 is 6.03 Å². The number of hydrogen-bond donors (Lipinski definition) is 3. The fourth-order valence-electron chi connectivity index (χ4n) is 4.55. The number of carbonyl (C=O) groups excluding carboxylic acids is 2. The molecule has 0 fully saturated rings. The third-order valence-electron chi connectivity index (χ3n) is 6.98. The standard InChI is InChI=1S/C33H36N4O6S/c1-43-30-16-12-26(13-17-30)20-22-37(23-21-32(38)35-40)44(41,42)31-18-14-29(15-19-31)34-33(39)36(24-27-8-4-2-5-9-27)25-28-10-6-3-7-11-28/h2-19,40H,20-25H2,1H3,(H,34,39)(H,35,38). The number of rotatable bonds is 14. The van der Waals surface area contributed by atoms with Crippen LogP contribution >= 0.6 is 0 Å². The Morgan fingerprint density at radius 3 is 1.84 bits per heavy atom. The topological polar surface area (TPSA) is 128 Å². The van der Waals surface area contributed by atoms with Crippen LogP contribution in [0, 0.1) is 0 Å². The zero-order chi connectivity index (χ0) is 31.4. The number of hydrogen-bond acceptors (Lipinski definition) is 6. The molecule has 4 aromatic carbocycles. The normalized spacial score (nSPS) is 11.2. The lowest BCUT2D eigenvalue weighted by molar-refractivity contribution is -0.129.